The van der Waals surface area contributed by atoms with Crippen LogP contribution in [0.3, 0.4) is 0 Å². The maximum absolute atomic E-state index is 5.59. The minimum absolute atomic E-state index is 0.436. The summed E-state index contributed by atoms with van der Waals surface area (Å²) < 4.78 is 5.59. The fourth-order valence-electron chi connectivity index (χ4n) is 3.37. The van der Waals surface area contributed by atoms with Crippen molar-refractivity contribution in [3.8, 4) is 5.75 Å². The number of benzene rings is 2. The van der Waals surface area contributed by atoms with Crippen molar-refractivity contribution in [3.05, 3.63) is 65.7 Å². The molecule has 2 rings (SSSR count). The molecule has 0 saturated carbocycles. The van der Waals surface area contributed by atoms with Crippen LogP contribution in [0.2, 0.25) is 0 Å². The van der Waals surface area contributed by atoms with E-state index in [0.29, 0.717) is 18.6 Å². The Balaban J connectivity index is 2.21. The van der Waals surface area contributed by atoms with Crippen molar-refractivity contribution in [1.29, 1.82) is 0 Å². The molecule has 0 saturated heterocycles. The lowest BCUT2D eigenvalue weighted by molar-refractivity contribution is 0.200. The normalized spacial score (nSPS) is 13.7. The zero-order chi connectivity index (χ0) is 17.4. The first-order valence-corrected chi connectivity index (χ1v) is 9.21. The summed E-state index contributed by atoms with van der Waals surface area (Å²) in [6.45, 7) is 11.7. The Kier molecular flexibility index (Phi) is 7.33. The molecule has 0 aliphatic heterocycles. The van der Waals surface area contributed by atoms with Crippen LogP contribution in [0.15, 0.2) is 54.6 Å². The van der Waals surface area contributed by atoms with E-state index in [1.165, 1.54) is 11.1 Å². The van der Waals surface area contributed by atoms with E-state index in [4.69, 9.17) is 4.74 Å². The molecule has 0 heterocycles. The van der Waals surface area contributed by atoms with Crippen molar-refractivity contribution in [2.45, 2.75) is 46.1 Å². The summed E-state index contributed by atoms with van der Waals surface area (Å²) in [5.74, 6) is 1.49. The van der Waals surface area contributed by atoms with E-state index in [1.807, 2.05) is 6.92 Å². The molecule has 2 aromatic carbocycles. The van der Waals surface area contributed by atoms with Gasteiger partial charge in [0.05, 0.1) is 6.61 Å². The highest BCUT2D eigenvalue weighted by Crippen LogP contribution is 2.33. The Morgan fingerprint density at radius 2 is 1.46 bits per heavy atom. The highest BCUT2D eigenvalue weighted by Gasteiger charge is 2.21. The molecule has 130 valence electrons. The van der Waals surface area contributed by atoms with Crippen LogP contribution in [0.5, 0.6) is 5.75 Å². The smallest absolute Gasteiger partial charge is 0.119 e. The molecular weight excluding hydrogens is 294 g/mol. The molecule has 2 heteroatoms. The minimum Gasteiger partial charge on any atom is -0.494 e. The molecule has 0 fully saturated rings. The molecule has 0 aliphatic rings. The standard InChI is InChI=1S/C22H31NO/c1-5-23(6-2)22(17-18(4)19-11-9-8-10-12-19)20-13-15-21(16-14-20)24-7-3/h8-16,18,22H,5-7,17H2,1-4H3. The molecule has 0 aliphatic carbocycles. The summed E-state index contributed by atoms with van der Waals surface area (Å²) in [6.07, 6.45) is 1.12. The molecule has 0 amide bonds. The maximum atomic E-state index is 5.59. The Hall–Kier alpha value is -1.80. The average Bonchev–Trinajstić information content (AvgIpc) is 2.63. The summed E-state index contributed by atoms with van der Waals surface area (Å²) in [5.41, 5.74) is 2.80. The van der Waals surface area contributed by atoms with Crippen LogP contribution < -0.4 is 4.74 Å². The van der Waals surface area contributed by atoms with Crippen molar-refractivity contribution < 1.29 is 4.74 Å². The number of hydrogen-bond donors (Lipinski definition) is 0. The van der Waals surface area contributed by atoms with Gasteiger partial charge in [-0.2, -0.15) is 0 Å². The molecule has 0 spiro atoms. The third-order valence-corrected chi connectivity index (χ3v) is 4.77. The van der Waals surface area contributed by atoms with Crippen molar-refractivity contribution in [2.75, 3.05) is 19.7 Å². The molecular formula is C22H31NO. The second-order valence-electron chi connectivity index (χ2n) is 6.29. The van der Waals surface area contributed by atoms with Crippen molar-refractivity contribution in [1.82, 2.24) is 4.90 Å². The van der Waals surface area contributed by atoms with Gasteiger partial charge in [-0.15, -0.1) is 0 Å². The average molecular weight is 325 g/mol. The van der Waals surface area contributed by atoms with Crippen LogP contribution in [-0.2, 0) is 0 Å². The van der Waals surface area contributed by atoms with Gasteiger partial charge in [0.25, 0.3) is 0 Å². The molecule has 2 unspecified atom stereocenters. The summed E-state index contributed by atoms with van der Waals surface area (Å²) >= 11 is 0. The third kappa shape index (κ3) is 4.85. The van der Waals surface area contributed by atoms with E-state index >= 15 is 0 Å². The maximum Gasteiger partial charge on any atom is 0.119 e. The van der Waals surface area contributed by atoms with Crippen LogP contribution in [0, 0.1) is 0 Å². The molecule has 24 heavy (non-hydrogen) atoms. The number of rotatable bonds is 9. The highest BCUT2D eigenvalue weighted by molar-refractivity contribution is 5.30. The fraction of sp³-hybridized carbons (Fsp3) is 0.455. The van der Waals surface area contributed by atoms with Crippen LogP contribution in [0.25, 0.3) is 0 Å². The number of hydrogen-bond acceptors (Lipinski definition) is 2. The fourth-order valence-corrected chi connectivity index (χ4v) is 3.37. The predicted molar refractivity (Wildman–Crippen MR) is 103 cm³/mol. The summed E-state index contributed by atoms with van der Waals surface area (Å²) in [4.78, 5) is 2.55. The second-order valence-corrected chi connectivity index (χ2v) is 6.29. The van der Waals surface area contributed by atoms with Gasteiger partial charge < -0.3 is 4.74 Å². The van der Waals surface area contributed by atoms with Gasteiger partial charge in [-0.25, -0.2) is 0 Å². The van der Waals surface area contributed by atoms with Gasteiger partial charge in [-0.1, -0.05) is 63.2 Å². The summed E-state index contributed by atoms with van der Waals surface area (Å²) in [6, 6.07) is 19.9. The first kappa shape index (κ1) is 18.5. The van der Waals surface area contributed by atoms with Crippen LogP contribution in [0.1, 0.15) is 57.2 Å². The van der Waals surface area contributed by atoms with Crippen LogP contribution >= 0.6 is 0 Å². The third-order valence-electron chi connectivity index (χ3n) is 4.77. The van der Waals surface area contributed by atoms with Crippen LogP contribution in [-0.4, -0.2) is 24.6 Å². The predicted octanol–water partition coefficient (Wildman–Crippen LogP) is 5.66. The molecule has 2 nitrogen and oxygen atoms in total. The van der Waals surface area contributed by atoms with Gasteiger partial charge in [-0.3, -0.25) is 4.90 Å². The molecule has 0 bridgehead atoms. The number of nitrogens with zero attached hydrogens (tertiary/aromatic N) is 1. The first-order valence-electron chi connectivity index (χ1n) is 9.21. The first-order chi connectivity index (χ1) is 11.7. The van der Waals surface area contributed by atoms with Gasteiger partial charge in [0.2, 0.25) is 0 Å². The summed E-state index contributed by atoms with van der Waals surface area (Å²) in [5, 5.41) is 0. The highest BCUT2D eigenvalue weighted by atomic mass is 16.5. The van der Waals surface area contributed by atoms with E-state index in [-0.39, 0.29) is 0 Å². The lowest BCUT2D eigenvalue weighted by Gasteiger charge is -2.32. The number of ether oxygens (including phenoxy) is 1. The Morgan fingerprint density at radius 3 is 2.00 bits per heavy atom. The zero-order valence-electron chi connectivity index (χ0n) is 15.5. The van der Waals surface area contributed by atoms with Gasteiger partial charge in [0.1, 0.15) is 5.75 Å². The quantitative estimate of drug-likeness (QED) is 0.589. The second kappa shape index (κ2) is 9.48. The van der Waals surface area contributed by atoms with Gasteiger partial charge in [0.15, 0.2) is 0 Å². The Labute approximate surface area is 147 Å². The summed E-state index contributed by atoms with van der Waals surface area (Å²) in [7, 11) is 0. The molecule has 0 N–H and O–H groups in total. The van der Waals surface area contributed by atoms with Crippen molar-refractivity contribution >= 4 is 0 Å². The SMILES string of the molecule is CCOc1ccc(C(CC(C)c2ccccc2)N(CC)CC)cc1. The Morgan fingerprint density at radius 1 is 0.833 bits per heavy atom. The molecule has 0 radical (unpaired) electrons. The Bertz CT molecular complexity index is 575. The van der Waals surface area contributed by atoms with E-state index < -0.39 is 0 Å². The van der Waals surface area contributed by atoms with Crippen molar-refractivity contribution in [2.24, 2.45) is 0 Å². The minimum atomic E-state index is 0.436. The zero-order valence-corrected chi connectivity index (χ0v) is 15.5. The van der Waals surface area contributed by atoms with Crippen molar-refractivity contribution in [3.63, 3.8) is 0 Å². The van der Waals surface area contributed by atoms with Gasteiger partial charge in [-0.05, 0) is 55.6 Å². The van der Waals surface area contributed by atoms with E-state index in [9.17, 15) is 0 Å². The lowest BCUT2D eigenvalue weighted by atomic mass is 9.89. The van der Waals surface area contributed by atoms with E-state index in [2.05, 4.69) is 80.3 Å². The van der Waals surface area contributed by atoms with Gasteiger partial charge in [0, 0.05) is 6.04 Å². The monoisotopic (exact) mass is 325 g/mol. The molecule has 2 aromatic rings. The van der Waals surface area contributed by atoms with E-state index in [1.54, 1.807) is 0 Å². The topological polar surface area (TPSA) is 12.5 Å². The molecule has 0 aromatic heterocycles. The lowest BCUT2D eigenvalue weighted by Crippen LogP contribution is -2.29. The van der Waals surface area contributed by atoms with Crippen LogP contribution in [0.4, 0.5) is 0 Å². The van der Waals surface area contributed by atoms with Gasteiger partial charge >= 0.3 is 0 Å². The largest absolute Gasteiger partial charge is 0.494 e. The van der Waals surface area contributed by atoms with E-state index in [0.717, 1.165) is 25.3 Å². The molecule has 2 atom stereocenters.